The number of carbonyl (C=O) groups is 1. The molecular weight excluding hydrogens is 434 g/mol. The fraction of sp³-hybridized carbons (Fsp3) is 0.318. The molecule has 7 nitrogen and oxygen atoms in total. The van der Waals surface area contributed by atoms with Crippen LogP contribution in [-0.4, -0.2) is 51.1 Å². The first-order valence-electron chi connectivity index (χ1n) is 10.1. The summed E-state index contributed by atoms with van der Waals surface area (Å²) in [5.74, 6) is 1.34. The first kappa shape index (κ1) is 21.5. The molecule has 1 aromatic heterocycles. The van der Waals surface area contributed by atoms with E-state index in [1.165, 1.54) is 11.8 Å². The van der Waals surface area contributed by atoms with Crippen molar-refractivity contribution in [2.24, 2.45) is 0 Å². The van der Waals surface area contributed by atoms with E-state index in [1.807, 2.05) is 72.0 Å². The molecule has 0 bridgehead atoms. The van der Waals surface area contributed by atoms with E-state index in [1.54, 1.807) is 7.11 Å². The molecule has 1 N–H and O–H groups in total. The lowest BCUT2D eigenvalue weighted by molar-refractivity contribution is -0.130. The quantitative estimate of drug-likeness (QED) is 0.597. The maximum absolute atomic E-state index is 13.4. The summed E-state index contributed by atoms with van der Waals surface area (Å²) in [6, 6.07) is 15.1. The van der Waals surface area contributed by atoms with Gasteiger partial charge in [-0.05, 0) is 31.5 Å². The van der Waals surface area contributed by atoms with Gasteiger partial charge in [0.1, 0.15) is 11.0 Å². The Morgan fingerprint density at radius 2 is 1.94 bits per heavy atom. The summed E-state index contributed by atoms with van der Waals surface area (Å²) in [4.78, 5) is 15.2. The highest BCUT2D eigenvalue weighted by atomic mass is 35.5. The topological polar surface area (TPSA) is 72.3 Å². The van der Waals surface area contributed by atoms with Crippen LogP contribution >= 0.6 is 23.4 Å². The van der Waals surface area contributed by atoms with E-state index in [-0.39, 0.29) is 11.9 Å². The van der Waals surface area contributed by atoms with Crippen molar-refractivity contribution in [3.63, 3.8) is 0 Å². The van der Waals surface area contributed by atoms with E-state index in [0.717, 1.165) is 11.1 Å². The number of aromatic nitrogens is 3. The summed E-state index contributed by atoms with van der Waals surface area (Å²) < 4.78 is 7.15. The molecule has 2 heterocycles. The summed E-state index contributed by atoms with van der Waals surface area (Å²) in [5.41, 5.74) is 5.31. The van der Waals surface area contributed by atoms with Gasteiger partial charge in [0.2, 0.25) is 11.1 Å². The van der Waals surface area contributed by atoms with E-state index in [9.17, 15) is 4.79 Å². The highest BCUT2D eigenvalue weighted by Gasteiger charge is 2.39. The largest absolute Gasteiger partial charge is 0.495 e. The second-order valence-electron chi connectivity index (χ2n) is 7.06. The number of nitrogens with one attached hydrogen (secondary N) is 1. The van der Waals surface area contributed by atoms with Crippen LogP contribution in [-0.2, 0) is 4.79 Å². The number of hydrogen-bond acceptors (Lipinski definition) is 6. The number of halogens is 1. The zero-order chi connectivity index (χ0) is 22.0. The standard InChI is InChI=1S/C22H24ClN5O2S/c1-4-27(5-2)21(29)19-18(15-11-12-17(30-3)16(23)13-15)26-28-20(24-25-22(28)31-19)14-9-7-6-8-10-14/h6-13,18-19,26H,4-5H2,1-3H3/t18-,19+/m0/s1. The molecule has 1 aliphatic rings. The summed E-state index contributed by atoms with van der Waals surface area (Å²) >= 11 is 7.83. The lowest BCUT2D eigenvalue weighted by Crippen LogP contribution is -2.46. The second-order valence-corrected chi connectivity index (χ2v) is 8.57. The predicted octanol–water partition coefficient (Wildman–Crippen LogP) is 4.23. The van der Waals surface area contributed by atoms with Gasteiger partial charge in [0.05, 0.1) is 18.2 Å². The average Bonchev–Trinajstić information content (AvgIpc) is 3.22. The van der Waals surface area contributed by atoms with Crippen molar-refractivity contribution in [3.8, 4) is 17.1 Å². The van der Waals surface area contributed by atoms with Gasteiger partial charge in [-0.2, -0.15) is 0 Å². The number of carbonyl (C=O) groups excluding carboxylic acids is 1. The number of rotatable bonds is 6. The van der Waals surface area contributed by atoms with Gasteiger partial charge < -0.3 is 15.1 Å². The third-order valence-corrected chi connectivity index (χ3v) is 6.82. The van der Waals surface area contributed by atoms with Crippen molar-refractivity contribution in [2.45, 2.75) is 30.3 Å². The first-order valence-corrected chi connectivity index (χ1v) is 11.4. The number of amides is 1. The zero-order valence-electron chi connectivity index (χ0n) is 17.6. The molecule has 162 valence electrons. The van der Waals surface area contributed by atoms with Crippen LogP contribution in [0.15, 0.2) is 53.7 Å². The molecule has 0 radical (unpaired) electrons. The molecular formula is C22H24ClN5O2S. The number of methoxy groups -OCH3 is 1. The van der Waals surface area contributed by atoms with Crippen molar-refractivity contribution in [3.05, 3.63) is 59.1 Å². The summed E-state index contributed by atoms with van der Waals surface area (Å²) in [7, 11) is 1.58. The Balaban J connectivity index is 1.77. The molecule has 4 rings (SSSR count). The number of ether oxygens (including phenoxy) is 1. The molecule has 1 amide bonds. The lowest BCUT2D eigenvalue weighted by atomic mass is 10.0. The van der Waals surface area contributed by atoms with Gasteiger partial charge in [0, 0.05) is 18.7 Å². The molecule has 2 atom stereocenters. The SMILES string of the molecule is CCN(CC)C(=O)[C@@H]1Sc2nnc(-c3ccccc3)n2N[C@H]1c1ccc(OC)c(Cl)c1. The molecule has 0 spiro atoms. The van der Waals surface area contributed by atoms with Gasteiger partial charge in [0.15, 0.2) is 5.82 Å². The summed E-state index contributed by atoms with van der Waals surface area (Å²) in [5, 5.41) is 9.46. The Hall–Kier alpha value is -2.71. The van der Waals surface area contributed by atoms with Crippen molar-refractivity contribution in [2.75, 3.05) is 25.6 Å². The van der Waals surface area contributed by atoms with Crippen molar-refractivity contribution >= 4 is 29.3 Å². The molecule has 2 aromatic carbocycles. The van der Waals surface area contributed by atoms with E-state index >= 15 is 0 Å². The number of hydrogen-bond donors (Lipinski definition) is 1. The fourth-order valence-electron chi connectivity index (χ4n) is 3.66. The minimum atomic E-state index is -0.412. The van der Waals surface area contributed by atoms with Gasteiger partial charge >= 0.3 is 0 Å². The average molecular weight is 458 g/mol. The molecule has 31 heavy (non-hydrogen) atoms. The number of thioether (sulfide) groups is 1. The van der Waals surface area contributed by atoms with E-state index in [0.29, 0.717) is 34.8 Å². The van der Waals surface area contributed by atoms with Crippen LogP contribution in [0.4, 0.5) is 0 Å². The fourth-order valence-corrected chi connectivity index (χ4v) is 5.09. The number of fused-ring (bicyclic) bond motifs is 1. The van der Waals surface area contributed by atoms with E-state index in [4.69, 9.17) is 16.3 Å². The maximum Gasteiger partial charge on any atom is 0.238 e. The Kier molecular flexibility index (Phi) is 6.38. The van der Waals surface area contributed by atoms with Crippen molar-refractivity contribution in [1.29, 1.82) is 0 Å². The minimum Gasteiger partial charge on any atom is -0.495 e. The normalized spacial score (nSPS) is 17.5. The number of nitrogens with zero attached hydrogens (tertiary/aromatic N) is 4. The Bertz CT molecular complexity index is 1070. The molecule has 0 saturated carbocycles. The third kappa shape index (κ3) is 4.09. The molecule has 0 unspecified atom stereocenters. The van der Waals surface area contributed by atoms with Crippen molar-refractivity contribution < 1.29 is 9.53 Å². The monoisotopic (exact) mass is 457 g/mol. The van der Waals surface area contributed by atoms with Gasteiger partial charge in [-0.1, -0.05) is 59.8 Å². The Morgan fingerprint density at radius 3 is 2.58 bits per heavy atom. The lowest BCUT2D eigenvalue weighted by Gasteiger charge is -2.35. The van der Waals surface area contributed by atoms with E-state index in [2.05, 4.69) is 15.6 Å². The smallest absolute Gasteiger partial charge is 0.238 e. The Morgan fingerprint density at radius 1 is 1.19 bits per heavy atom. The molecule has 0 saturated heterocycles. The van der Waals surface area contributed by atoms with Gasteiger partial charge in [0.25, 0.3) is 0 Å². The van der Waals surface area contributed by atoms with Crippen LogP contribution in [0.2, 0.25) is 5.02 Å². The van der Waals surface area contributed by atoms with Crippen LogP contribution in [0.25, 0.3) is 11.4 Å². The van der Waals surface area contributed by atoms with Crippen LogP contribution in [0.5, 0.6) is 5.75 Å². The molecule has 0 fully saturated rings. The zero-order valence-corrected chi connectivity index (χ0v) is 19.2. The summed E-state index contributed by atoms with van der Waals surface area (Å²) in [6.07, 6.45) is 0. The van der Waals surface area contributed by atoms with Crippen LogP contribution in [0.1, 0.15) is 25.5 Å². The maximum atomic E-state index is 13.4. The minimum absolute atomic E-state index is 0.0509. The molecule has 0 aliphatic carbocycles. The van der Waals surface area contributed by atoms with Crippen LogP contribution < -0.4 is 10.2 Å². The predicted molar refractivity (Wildman–Crippen MR) is 123 cm³/mol. The molecule has 9 heteroatoms. The van der Waals surface area contributed by atoms with Crippen molar-refractivity contribution in [1.82, 2.24) is 19.8 Å². The van der Waals surface area contributed by atoms with E-state index < -0.39 is 5.25 Å². The molecule has 1 aliphatic heterocycles. The number of benzene rings is 2. The summed E-state index contributed by atoms with van der Waals surface area (Å²) in [6.45, 7) is 5.25. The Labute approximate surface area is 190 Å². The first-order chi connectivity index (χ1) is 15.1. The van der Waals surface area contributed by atoms with Gasteiger partial charge in [-0.25, -0.2) is 4.68 Å². The second kappa shape index (κ2) is 9.20. The van der Waals surface area contributed by atoms with Crippen LogP contribution in [0.3, 0.4) is 0 Å². The molecule has 3 aromatic rings. The highest BCUT2D eigenvalue weighted by molar-refractivity contribution is 8.00. The third-order valence-electron chi connectivity index (χ3n) is 5.32. The van der Waals surface area contributed by atoms with Gasteiger partial charge in [-0.15, -0.1) is 10.2 Å². The van der Waals surface area contributed by atoms with Gasteiger partial charge in [-0.3, -0.25) is 4.79 Å². The highest BCUT2D eigenvalue weighted by Crippen LogP contribution is 2.40. The van der Waals surface area contributed by atoms with Crippen LogP contribution in [0, 0.1) is 0 Å².